The summed E-state index contributed by atoms with van der Waals surface area (Å²) in [5.41, 5.74) is 5.18. The molecule has 2 unspecified atom stereocenters. The van der Waals surface area contributed by atoms with Crippen molar-refractivity contribution in [3.63, 3.8) is 0 Å². The molecule has 1 aliphatic rings. The van der Waals surface area contributed by atoms with Crippen molar-refractivity contribution < 1.29 is 14.7 Å². The quantitative estimate of drug-likeness (QED) is 0.701. The monoisotopic (exact) mass is 200 g/mol. The van der Waals surface area contributed by atoms with E-state index in [9.17, 15) is 9.59 Å². The predicted molar refractivity (Wildman–Crippen MR) is 50.7 cm³/mol. The van der Waals surface area contributed by atoms with Crippen molar-refractivity contribution in [1.82, 2.24) is 4.90 Å². The van der Waals surface area contributed by atoms with Gasteiger partial charge in [0.25, 0.3) is 0 Å². The lowest BCUT2D eigenvalue weighted by Gasteiger charge is -2.23. The van der Waals surface area contributed by atoms with E-state index in [1.165, 1.54) is 0 Å². The minimum atomic E-state index is -0.818. The summed E-state index contributed by atoms with van der Waals surface area (Å²) in [6, 6.07) is -0.427. The number of hydrogen-bond donors (Lipinski definition) is 2. The van der Waals surface area contributed by atoms with Crippen molar-refractivity contribution >= 4 is 12.0 Å². The van der Waals surface area contributed by atoms with Crippen LogP contribution in [0.25, 0.3) is 0 Å². The van der Waals surface area contributed by atoms with E-state index >= 15 is 0 Å². The van der Waals surface area contributed by atoms with Crippen LogP contribution in [-0.2, 0) is 4.79 Å². The Bertz CT molecular complexity index is 242. The summed E-state index contributed by atoms with van der Waals surface area (Å²) in [5.74, 6) is -1.23. The molecule has 1 heterocycles. The van der Waals surface area contributed by atoms with E-state index in [4.69, 9.17) is 10.8 Å². The third-order valence-corrected chi connectivity index (χ3v) is 2.71. The minimum absolute atomic E-state index is 0.0126. The van der Waals surface area contributed by atoms with E-state index in [1.54, 1.807) is 11.8 Å². The van der Waals surface area contributed by atoms with Gasteiger partial charge in [0.05, 0.1) is 5.92 Å². The zero-order valence-corrected chi connectivity index (χ0v) is 8.27. The van der Waals surface area contributed by atoms with Crippen LogP contribution in [-0.4, -0.2) is 34.6 Å². The number of carboxylic acid groups (broad SMARTS) is 1. The Hall–Kier alpha value is -1.26. The van der Waals surface area contributed by atoms with E-state index in [0.717, 1.165) is 12.8 Å². The summed E-state index contributed by atoms with van der Waals surface area (Å²) in [6.07, 6.45) is 2.28. The number of nitrogens with two attached hydrogens (primary N) is 1. The zero-order valence-electron chi connectivity index (χ0n) is 8.27. The molecule has 1 saturated heterocycles. The molecule has 2 atom stereocenters. The van der Waals surface area contributed by atoms with Gasteiger partial charge >= 0.3 is 12.0 Å². The Morgan fingerprint density at radius 2 is 2.29 bits per heavy atom. The van der Waals surface area contributed by atoms with Gasteiger partial charge in [0.15, 0.2) is 0 Å². The number of urea groups is 1. The standard InChI is InChI=1S/C9H16N2O3/c1-6(8(12)13)5-7-3-2-4-11(7)9(10)14/h6-7H,2-5H2,1H3,(H2,10,14)(H,12,13). The first-order valence-corrected chi connectivity index (χ1v) is 4.81. The Labute approximate surface area is 82.9 Å². The second kappa shape index (κ2) is 4.30. The topological polar surface area (TPSA) is 83.6 Å². The van der Waals surface area contributed by atoms with Crippen LogP contribution in [0, 0.1) is 5.92 Å². The molecule has 0 spiro atoms. The lowest BCUT2D eigenvalue weighted by Crippen LogP contribution is -2.40. The number of likely N-dealkylation sites (tertiary alicyclic amines) is 1. The van der Waals surface area contributed by atoms with Gasteiger partial charge in [0.2, 0.25) is 0 Å². The number of amides is 2. The molecule has 0 aromatic carbocycles. The molecule has 0 saturated carbocycles. The maximum Gasteiger partial charge on any atom is 0.315 e. The SMILES string of the molecule is CC(CC1CCCN1C(N)=O)C(=O)O. The van der Waals surface area contributed by atoms with Crippen molar-refractivity contribution in [2.24, 2.45) is 11.7 Å². The number of carbonyl (C=O) groups is 2. The van der Waals surface area contributed by atoms with Crippen LogP contribution < -0.4 is 5.73 Å². The molecule has 0 aliphatic carbocycles. The van der Waals surface area contributed by atoms with E-state index in [2.05, 4.69) is 0 Å². The molecule has 5 nitrogen and oxygen atoms in total. The Balaban J connectivity index is 2.51. The van der Waals surface area contributed by atoms with Crippen molar-refractivity contribution in [3.8, 4) is 0 Å². The molecule has 1 fully saturated rings. The average molecular weight is 200 g/mol. The predicted octanol–water partition coefficient (Wildman–Crippen LogP) is 0.640. The van der Waals surface area contributed by atoms with Gasteiger partial charge in [-0.25, -0.2) is 4.79 Å². The minimum Gasteiger partial charge on any atom is -0.481 e. The fourth-order valence-corrected chi connectivity index (χ4v) is 1.88. The maximum absolute atomic E-state index is 11.0. The van der Waals surface area contributed by atoms with Crippen molar-refractivity contribution in [2.45, 2.75) is 32.2 Å². The maximum atomic E-state index is 11.0. The highest BCUT2D eigenvalue weighted by Crippen LogP contribution is 2.23. The van der Waals surface area contributed by atoms with Crippen LogP contribution in [0.5, 0.6) is 0 Å². The van der Waals surface area contributed by atoms with E-state index < -0.39 is 17.9 Å². The smallest absolute Gasteiger partial charge is 0.315 e. The summed E-state index contributed by atoms with van der Waals surface area (Å²) < 4.78 is 0. The summed E-state index contributed by atoms with van der Waals surface area (Å²) in [4.78, 5) is 23.2. The largest absolute Gasteiger partial charge is 0.481 e. The van der Waals surface area contributed by atoms with E-state index in [0.29, 0.717) is 13.0 Å². The molecule has 80 valence electrons. The van der Waals surface area contributed by atoms with Gasteiger partial charge < -0.3 is 15.7 Å². The lowest BCUT2D eigenvalue weighted by molar-refractivity contribution is -0.141. The van der Waals surface area contributed by atoms with Crippen LogP contribution >= 0.6 is 0 Å². The van der Waals surface area contributed by atoms with Gasteiger partial charge in [-0.2, -0.15) is 0 Å². The number of nitrogens with zero attached hydrogens (tertiary/aromatic N) is 1. The fraction of sp³-hybridized carbons (Fsp3) is 0.778. The third kappa shape index (κ3) is 2.37. The number of rotatable bonds is 3. The zero-order chi connectivity index (χ0) is 10.7. The van der Waals surface area contributed by atoms with Crippen molar-refractivity contribution in [3.05, 3.63) is 0 Å². The molecule has 0 radical (unpaired) electrons. The fourth-order valence-electron chi connectivity index (χ4n) is 1.88. The first kappa shape index (κ1) is 10.8. The van der Waals surface area contributed by atoms with Gasteiger partial charge in [-0.3, -0.25) is 4.79 Å². The van der Waals surface area contributed by atoms with Crippen molar-refractivity contribution in [2.75, 3.05) is 6.54 Å². The number of aliphatic carboxylic acids is 1. The molecule has 3 N–H and O–H groups in total. The molecule has 1 rings (SSSR count). The van der Waals surface area contributed by atoms with Gasteiger partial charge in [0, 0.05) is 12.6 Å². The molecule has 0 bridgehead atoms. The van der Waals surface area contributed by atoms with Gasteiger partial charge in [-0.1, -0.05) is 6.92 Å². The Morgan fingerprint density at radius 3 is 2.79 bits per heavy atom. The first-order valence-electron chi connectivity index (χ1n) is 4.81. The number of hydrogen-bond acceptors (Lipinski definition) is 2. The highest BCUT2D eigenvalue weighted by Gasteiger charge is 2.29. The average Bonchev–Trinajstić information content (AvgIpc) is 2.52. The second-order valence-electron chi connectivity index (χ2n) is 3.80. The van der Waals surface area contributed by atoms with Crippen LogP contribution in [0.15, 0.2) is 0 Å². The molecule has 2 amide bonds. The Kier molecular flexibility index (Phi) is 3.33. The summed E-state index contributed by atoms with van der Waals surface area (Å²) in [7, 11) is 0. The highest BCUT2D eigenvalue weighted by molar-refractivity contribution is 5.73. The molecular formula is C9H16N2O3. The van der Waals surface area contributed by atoms with Crippen LogP contribution in [0.4, 0.5) is 4.79 Å². The van der Waals surface area contributed by atoms with Crippen LogP contribution in [0.3, 0.4) is 0 Å². The summed E-state index contributed by atoms with van der Waals surface area (Å²) in [5, 5.41) is 8.73. The van der Waals surface area contributed by atoms with Gasteiger partial charge in [-0.15, -0.1) is 0 Å². The first-order chi connectivity index (χ1) is 6.52. The van der Waals surface area contributed by atoms with E-state index in [1.807, 2.05) is 0 Å². The molecular weight excluding hydrogens is 184 g/mol. The molecule has 1 aliphatic heterocycles. The number of primary amides is 1. The third-order valence-electron chi connectivity index (χ3n) is 2.71. The van der Waals surface area contributed by atoms with Crippen LogP contribution in [0.2, 0.25) is 0 Å². The van der Waals surface area contributed by atoms with Gasteiger partial charge in [-0.05, 0) is 19.3 Å². The number of carbonyl (C=O) groups excluding carboxylic acids is 1. The molecule has 5 heteroatoms. The lowest BCUT2D eigenvalue weighted by atomic mass is 10.0. The number of carboxylic acids is 1. The normalized spacial score (nSPS) is 23.5. The summed E-state index contributed by atoms with van der Waals surface area (Å²) >= 11 is 0. The van der Waals surface area contributed by atoms with E-state index in [-0.39, 0.29) is 6.04 Å². The molecule has 0 aromatic rings. The molecule has 0 aromatic heterocycles. The highest BCUT2D eigenvalue weighted by atomic mass is 16.4. The summed E-state index contributed by atoms with van der Waals surface area (Å²) in [6.45, 7) is 2.31. The second-order valence-corrected chi connectivity index (χ2v) is 3.80. The molecule has 14 heavy (non-hydrogen) atoms. The van der Waals surface area contributed by atoms with Gasteiger partial charge in [0.1, 0.15) is 0 Å². The Morgan fingerprint density at radius 1 is 1.64 bits per heavy atom. The van der Waals surface area contributed by atoms with Crippen LogP contribution in [0.1, 0.15) is 26.2 Å². The van der Waals surface area contributed by atoms with Crippen molar-refractivity contribution in [1.29, 1.82) is 0 Å².